The van der Waals surface area contributed by atoms with Crippen molar-refractivity contribution in [2.45, 2.75) is 6.92 Å². The van der Waals surface area contributed by atoms with E-state index < -0.39 is 0 Å². The van der Waals surface area contributed by atoms with Crippen LogP contribution < -0.4 is 0 Å². The topological polar surface area (TPSA) is 17.1 Å². The Morgan fingerprint density at radius 2 is 2.00 bits per heavy atom. The molecular weight excluding hydrogens is 252 g/mol. The van der Waals surface area contributed by atoms with Crippen LogP contribution in [0.3, 0.4) is 0 Å². The summed E-state index contributed by atoms with van der Waals surface area (Å²) < 4.78 is 0. The molecule has 0 bridgehead atoms. The average molecular weight is 263 g/mol. The van der Waals surface area contributed by atoms with E-state index in [9.17, 15) is 4.79 Å². The van der Waals surface area contributed by atoms with Crippen LogP contribution in [0.15, 0.2) is 42.0 Å². The molecule has 0 atom stereocenters. The number of hydrogen-bond acceptors (Lipinski definition) is 2. The first-order valence-corrected chi connectivity index (χ1v) is 6.38. The van der Waals surface area contributed by atoms with Gasteiger partial charge in [0.25, 0.3) is 0 Å². The van der Waals surface area contributed by atoms with Crippen molar-refractivity contribution < 1.29 is 4.79 Å². The van der Waals surface area contributed by atoms with Crippen LogP contribution in [-0.2, 0) is 4.79 Å². The van der Waals surface area contributed by atoms with Crippen molar-refractivity contribution in [1.82, 2.24) is 0 Å². The van der Waals surface area contributed by atoms with Crippen LogP contribution in [-0.4, -0.2) is 6.29 Å². The molecule has 2 rings (SSSR count). The van der Waals surface area contributed by atoms with E-state index >= 15 is 0 Å². The number of aldehydes is 1. The summed E-state index contributed by atoms with van der Waals surface area (Å²) >= 11 is 7.76. The van der Waals surface area contributed by atoms with Gasteiger partial charge < -0.3 is 0 Å². The number of hydrogen-bond donors (Lipinski definition) is 0. The zero-order valence-corrected chi connectivity index (χ0v) is 10.9. The highest BCUT2D eigenvalue weighted by Gasteiger charge is 2.05. The van der Waals surface area contributed by atoms with E-state index in [1.54, 1.807) is 18.3 Å². The summed E-state index contributed by atoms with van der Waals surface area (Å²) in [4.78, 5) is 12.7. The third-order valence-electron chi connectivity index (χ3n) is 2.32. The third-order valence-corrected chi connectivity index (χ3v) is 3.72. The number of allylic oxidation sites excluding steroid dienone is 1. The van der Waals surface area contributed by atoms with Crippen molar-refractivity contribution >= 4 is 35.3 Å². The summed E-state index contributed by atoms with van der Waals surface area (Å²) in [7, 11) is 0. The Bertz CT molecular complexity index is 569. The lowest BCUT2D eigenvalue weighted by Gasteiger charge is -1.99. The molecule has 2 aromatic rings. The predicted molar refractivity (Wildman–Crippen MR) is 74.5 cm³/mol. The van der Waals surface area contributed by atoms with Crippen LogP contribution in [0.5, 0.6) is 0 Å². The monoisotopic (exact) mass is 262 g/mol. The van der Waals surface area contributed by atoms with Crippen LogP contribution in [0, 0.1) is 0 Å². The van der Waals surface area contributed by atoms with Gasteiger partial charge in [-0.25, -0.2) is 0 Å². The number of halogens is 1. The first-order chi connectivity index (χ1) is 8.20. The number of thiophene rings is 1. The molecule has 1 aromatic carbocycles. The summed E-state index contributed by atoms with van der Waals surface area (Å²) in [6.07, 6.45) is 2.73. The van der Waals surface area contributed by atoms with Crippen molar-refractivity contribution in [3.8, 4) is 10.4 Å². The molecule has 1 nitrogen and oxygen atoms in total. The molecule has 3 heteroatoms. The van der Waals surface area contributed by atoms with Crippen LogP contribution in [0.2, 0.25) is 5.02 Å². The first-order valence-electron chi connectivity index (χ1n) is 5.19. The molecule has 0 aliphatic heterocycles. The minimum Gasteiger partial charge on any atom is -0.298 e. The fraction of sp³-hybridized carbons (Fsp3) is 0.0714. The summed E-state index contributed by atoms with van der Waals surface area (Å²) in [5.41, 5.74) is 1.75. The van der Waals surface area contributed by atoms with Crippen LogP contribution in [0.25, 0.3) is 16.5 Å². The number of benzene rings is 1. The minimum absolute atomic E-state index is 0.720. The Labute approximate surface area is 109 Å². The number of carbonyl (C=O) groups excluding carboxylic acids is 1. The van der Waals surface area contributed by atoms with E-state index in [-0.39, 0.29) is 0 Å². The predicted octanol–water partition coefficient (Wildman–Crippen LogP) is 4.67. The first kappa shape index (κ1) is 12.1. The van der Waals surface area contributed by atoms with Gasteiger partial charge in [0.2, 0.25) is 0 Å². The number of rotatable bonds is 3. The molecule has 0 unspecified atom stereocenters. The third kappa shape index (κ3) is 2.84. The van der Waals surface area contributed by atoms with Gasteiger partial charge in [0, 0.05) is 20.3 Å². The molecule has 0 aliphatic carbocycles. The Morgan fingerprint density at radius 3 is 2.71 bits per heavy atom. The molecule has 0 saturated carbocycles. The molecule has 0 aliphatic rings. The van der Waals surface area contributed by atoms with Crippen molar-refractivity contribution in [2.75, 3.05) is 0 Å². The van der Waals surface area contributed by atoms with Gasteiger partial charge in [0.05, 0.1) is 0 Å². The largest absolute Gasteiger partial charge is 0.298 e. The van der Waals surface area contributed by atoms with E-state index in [0.717, 1.165) is 32.2 Å². The second-order valence-electron chi connectivity index (χ2n) is 3.69. The van der Waals surface area contributed by atoms with Gasteiger partial charge in [-0.05, 0) is 36.8 Å². The highest BCUT2D eigenvalue weighted by Crippen LogP contribution is 2.33. The van der Waals surface area contributed by atoms with Crippen LogP contribution in [0.4, 0.5) is 0 Å². The van der Waals surface area contributed by atoms with Crippen molar-refractivity contribution in [3.63, 3.8) is 0 Å². The van der Waals surface area contributed by atoms with Gasteiger partial charge in [-0.3, -0.25) is 4.79 Å². The fourth-order valence-corrected chi connectivity index (χ4v) is 2.85. The molecule has 0 saturated heterocycles. The van der Waals surface area contributed by atoms with Gasteiger partial charge in [-0.1, -0.05) is 29.8 Å². The summed E-state index contributed by atoms with van der Waals surface area (Å²) in [5, 5.41) is 0.747. The highest BCUT2D eigenvalue weighted by atomic mass is 35.5. The Balaban J connectivity index is 2.37. The maximum Gasteiger partial charge on any atom is 0.145 e. The van der Waals surface area contributed by atoms with Gasteiger partial charge in [-0.15, -0.1) is 11.3 Å². The summed E-state index contributed by atoms with van der Waals surface area (Å²) in [6, 6.07) is 11.8. The van der Waals surface area contributed by atoms with Gasteiger partial charge in [-0.2, -0.15) is 0 Å². The van der Waals surface area contributed by atoms with Crippen LogP contribution >= 0.6 is 22.9 Å². The maximum atomic E-state index is 10.6. The Morgan fingerprint density at radius 1 is 1.24 bits per heavy atom. The van der Waals surface area contributed by atoms with E-state index in [0.29, 0.717) is 0 Å². The minimum atomic E-state index is 0.720. The SMILES string of the molecule is CC(C=O)=Cc1ccc(-c2ccccc2Cl)s1. The summed E-state index contributed by atoms with van der Waals surface area (Å²) in [6.45, 7) is 1.79. The van der Waals surface area contributed by atoms with Crippen molar-refractivity contribution in [3.05, 3.63) is 51.9 Å². The fourth-order valence-electron chi connectivity index (χ4n) is 1.49. The molecule has 0 spiro atoms. The summed E-state index contributed by atoms with van der Waals surface area (Å²) in [5.74, 6) is 0. The van der Waals surface area contributed by atoms with Gasteiger partial charge in [0.1, 0.15) is 6.29 Å². The Hall–Kier alpha value is -1.38. The quantitative estimate of drug-likeness (QED) is 0.580. The molecule has 17 heavy (non-hydrogen) atoms. The standard InChI is InChI=1S/C14H11ClOS/c1-10(9-16)8-11-6-7-14(17-11)12-4-2-3-5-13(12)15/h2-9H,1H3. The highest BCUT2D eigenvalue weighted by molar-refractivity contribution is 7.16. The van der Waals surface area contributed by atoms with E-state index in [1.165, 1.54) is 0 Å². The normalized spacial score (nSPS) is 11.5. The molecule has 0 amide bonds. The maximum absolute atomic E-state index is 10.6. The lowest BCUT2D eigenvalue weighted by atomic mass is 10.2. The second kappa shape index (κ2) is 5.30. The van der Waals surface area contributed by atoms with Crippen molar-refractivity contribution in [2.24, 2.45) is 0 Å². The molecule has 0 N–H and O–H groups in total. The molecule has 1 aromatic heterocycles. The second-order valence-corrected chi connectivity index (χ2v) is 5.21. The van der Waals surface area contributed by atoms with Gasteiger partial charge >= 0.3 is 0 Å². The lowest BCUT2D eigenvalue weighted by molar-refractivity contribution is -0.104. The van der Waals surface area contributed by atoms with Crippen molar-refractivity contribution in [1.29, 1.82) is 0 Å². The smallest absolute Gasteiger partial charge is 0.145 e. The lowest BCUT2D eigenvalue weighted by Crippen LogP contribution is -1.73. The van der Waals surface area contributed by atoms with Crippen LogP contribution in [0.1, 0.15) is 11.8 Å². The molecule has 1 heterocycles. The Kier molecular flexibility index (Phi) is 3.77. The number of carbonyl (C=O) groups is 1. The van der Waals surface area contributed by atoms with E-state index in [2.05, 4.69) is 0 Å². The van der Waals surface area contributed by atoms with E-state index in [1.807, 2.05) is 42.5 Å². The average Bonchev–Trinajstić information content (AvgIpc) is 2.78. The zero-order valence-electron chi connectivity index (χ0n) is 9.31. The van der Waals surface area contributed by atoms with Gasteiger partial charge in [0.15, 0.2) is 0 Å². The van der Waals surface area contributed by atoms with E-state index in [4.69, 9.17) is 11.6 Å². The molecule has 0 fully saturated rings. The molecular formula is C14H11ClOS. The molecule has 0 radical (unpaired) electrons. The zero-order chi connectivity index (χ0) is 12.3. The molecule has 86 valence electrons.